The van der Waals surface area contributed by atoms with E-state index in [4.69, 9.17) is 0 Å². The van der Waals surface area contributed by atoms with E-state index in [1.807, 2.05) is 35.2 Å². The lowest BCUT2D eigenvalue weighted by Gasteiger charge is -2.47. The summed E-state index contributed by atoms with van der Waals surface area (Å²) in [6, 6.07) is 14.6. The zero-order valence-corrected chi connectivity index (χ0v) is 19.2. The fourth-order valence-electron chi connectivity index (χ4n) is 6.37. The van der Waals surface area contributed by atoms with E-state index in [1.165, 1.54) is 0 Å². The molecule has 2 aromatic carbocycles. The minimum absolute atomic E-state index is 0.00319. The van der Waals surface area contributed by atoms with E-state index in [9.17, 15) is 19.5 Å². The standard InChI is InChI=1S/C27H29N3O4/c31-23(28-16-14-27(34)13-6-5-7-18(27)17-28)12-15-29-24-19-8-1-2-9-20(19)26(33)30(24)22-11-4-3-10-21(22)25(29)32/h1-4,8-11,18,24,34H,5-7,12-17H2/t18-,24-,27+/m1/s1. The van der Waals surface area contributed by atoms with Crippen LogP contribution in [0.5, 0.6) is 0 Å². The maximum absolute atomic E-state index is 13.5. The molecule has 1 aliphatic carbocycles. The highest BCUT2D eigenvalue weighted by atomic mass is 16.3. The average Bonchev–Trinajstić information content (AvgIpc) is 3.16. The van der Waals surface area contributed by atoms with Crippen molar-refractivity contribution in [2.75, 3.05) is 24.5 Å². The molecule has 2 fully saturated rings. The predicted octanol–water partition coefficient (Wildman–Crippen LogP) is 3.35. The maximum atomic E-state index is 13.5. The van der Waals surface area contributed by atoms with Gasteiger partial charge in [0.15, 0.2) is 0 Å². The molecule has 2 aromatic rings. The molecular weight excluding hydrogens is 430 g/mol. The monoisotopic (exact) mass is 459 g/mol. The Balaban J connectivity index is 1.25. The van der Waals surface area contributed by atoms with Crippen LogP contribution in [-0.2, 0) is 4.79 Å². The van der Waals surface area contributed by atoms with E-state index in [0.29, 0.717) is 36.3 Å². The van der Waals surface area contributed by atoms with Gasteiger partial charge in [0.25, 0.3) is 11.8 Å². The molecule has 3 heterocycles. The minimum Gasteiger partial charge on any atom is -0.389 e. The SMILES string of the molecule is O=C(CCN1C(=O)c2ccccc2N2C(=O)c3ccccc3[C@H]12)N1CC[C@@]2(O)CCCC[C@@H]2C1. The summed E-state index contributed by atoms with van der Waals surface area (Å²) in [5.74, 6) is -0.139. The second kappa shape index (κ2) is 7.94. The smallest absolute Gasteiger partial charge is 0.260 e. The number of carbonyl (C=O) groups is 3. The van der Waals surface area contributed by atoms with Gasteiger partial charge in [-0.05, 0) is 37.5 Å². The Morgan fingerprint density at radius 2 is 1.74 bits per heavy atom. The number of aliphatic hydroxyl groups is 1. The fraction of sp³-hybridized carbons (Fsp3) is 0.444. The van der Waals surface area contributed by atoms with Crippen molar-refractivity contribution in [1.82, 2.24) is 9.80 Å². The van der Waals surface area contributed by atoms with Gasteiger partial charge in [-0.2, -0.15) is 0 Å². The molecule has 0 bridgehead atoms. The van der Waals surface area contributed by atoms with Crippen molar-refractivity contribution < 1.29 is 19.5 Å². The van der Waals surface area contributed by atoms with Gasteiger partial charge >= 0.3 is 0 Å². The van der Waals surface area contributed by atoms with Gasteiger partial charge in [0, 0.05) is 43.1 Å². The number of hydrogen-bond donors (Lipinski definition) is 1. The summed E-state index contributed by atoms with van der Waals surface area (Å²) < 4.78 is 0. The van der Waals surface area contributed by atoms with Crippen molar-refractivity contribution in [1.29, 1.82) is 0 Å². The number of anilines is 1. The number of carbonyl (C=O) groups excluding carboxylic acids is 3. The molecule has 34 heavy (non-hydrogen) atoms. The van der Waals surface area contributed by atoms with E-state index >= 15 is 0 Å². The number of benzene rings is 2. The van der Waals surface area contributed by atoms with Gasteiger partial charge in [-0.25, -0.2) is 0 Å². The number of para-hydroxylation sites is 1. The number of piperidine rings is 1. The zero-order valence-electron chi connectivity index (χ0n) is 19.2. The third-order valence-electron chi connectivity index (χ3n) is 8.23. The largest absolute Gasteiger partial charge is 0.389 e. The van der Waals surface area contributed by atoms with E-state index in [0.717, 1.165) is 31.2 Å². The number of rotatable bonds is 3. The first-order chi connectivity index (χ1) is 16.5. The maximum Gasteiger partial charge on any atom is 0.260 e. The quantitative estimate of drug-likeness (QED) is 0.763. The first-order valence-electron chi connectivity index (χ1n) is 12.3. The third kappa shape index (κ3) is 3.17. The Hall–Kier alpha value is -3.19. The van der Waals surface area contributed by atoms with Gasteiger partial charge in [-0.3, -0.25) is 19.3 Å². The minimum atomic E-state index is -0.629. The molecule has 0 spiro atoms. The number of likely N-dealkylation sites (tertiary alicyclic amines) is 1. The number of hydrogen-bond acceptors (Lipinski definition) is 4. The molecule has 4 aliphatic rings. The molecular formula is C27H29N3O4. The van der Waals surface area contributed by atoms with Gasteiger partial charge in [0.2, 0.25) is 5.91 Å². The van der Waals surface area contributed by atoms with Crippen LogP contribution in [-0.4, -0.2) is 57.9 Å². The first kappa shape index (κ1) is 21.4. The third-order valence-corrected chi connectivity index (χ3v) is 8.23. The highest BCUT2D eigenvalue weighted by molar-refractivity contribution is 6.16. The predicted molar refractivity (Wildman–Crippen MR) is 126 cm³/mol. The van der Waals surface area contributed by atoms with Gasteiger partial charge < -0.3 is 14.9 Å². The molecule has 7 nitrogen and oxygen atoms in total. The van der Waals surface area contributed by atoms with Gasteiger partial charge in [-0.1, -0.05) is 43.2 Å². The first-order valence-corrected chi connectivity index (χ1v) is 12.3. The van der Waals surface area contributed by atoms with Crippen LogP contribution in [0.15, 0.2) is 48.5 Å². The molecule has 0 radical (unpaired) electrons. The van der Waals surface area contributed by atoms with Crippen LogP contribution in [0, 0.1) is 5.92 Å². The highest BCUT2D eigenvalue weighted by Crippen LogP contribution is 2.45. The molecule has 1 N–H and O–H groups in total. The second-order valence-corrected chi connectivity index (χ2v) is 10.0. The van der Waals surface area contributed by atoms with Crippen LogP contribution >= 0.6 is 0 Å². The van der Waals surface area contributed by atoms with E-state index in [-0.39, 0.29) is 36.6 Å². The topological polar surface area (TPSA) is 81.2 Å². The molecule has 3 amide bonds. The molecule has 3 aliphatic heterocycles. The lowest BCUT2D eigenvalue weighted by molar-refractivity contribution is -0.143. The van der Waals surface area contributed by atoms with Gasteiger partial charge in [0.1, 0.15) is 6.17 Å². The van der Waals surface area contributed by atoms with E-state index in [2.05, 4.69) is 0 Å². The Bertz CT molecular complexity index is 1180. The Labute approximate surface area is 198 Å². The van der Waals surface area contributed by atoms with Crippen LogP contribution in [0.25, 0.3) is 0 Å². The molecule has 7 heteroatoms. The van der Waals surface area contributed by atoms with Crippen molar-refractivity contribution in [3.05, 3.63) is 65.2 Å². The van der Waals surface area contributed by atoms with Gasteiger partial charge in [-0.15, -0.1) is 0 Å². The molecule has 3 atom stereocenters. The normalized spacial score (nSPS) is 27.7. The number of nitrogens with zero attached hydrogens (tertiary/aromatic N) is 3. The van der Waals surface area contributed by atoms with Crippen molar-refractivity contribution in [2.24, 2.45) is 5.92 Å². The average molecular weight is 460 g/mol. The van der Waals surface area contributed by atoms with Crippen LogP contribution in [0.3, 0.4) is 0 Å². The summed E-state index contributed by atoms with van der Waals surface area (Å²) in [6.07, 6.45) is 4.21. The summed E-state index contributed by atoms with van der Waals surface area (Å²) in [5.41, 5.74) is 1.87. The zero-order chi connectivity index (χ0) is 23.4. The van der Waals surface area contributed by atoms with Crippen LogP contribution in [0.2, 0.25) is 0 Å². The molecule has 6 rings (SSSR count). The number of fused-ring (bicyclic) bond motifs is 6. The summed E-state index contributed by atoms with van der Waals surface area (Å²) in [6.45, 7) is 1.38. The Morgan fingerprint density at radius 3 is 2.59 bits per heavy atom. The summed E-state index contributed by atoms with van der Waals surface area (Å²) in [7, 11) is 0. The van der Waals surface area contributed by atoms with Crippen molar-refractivity contribution >= 4 is 23.4 Å². The van der Waals surface area contributed by atoms with Crippen molar-refractivity contribution in [3.63, 3.8) is 0 Å². The van der Waals surface area contributed by atoms with Crippen molar-refractivity contribution in [3.8, 4) is 0 Å². The summed E-state index contributed by atoms with van der Waals surface area (Å²) in [4.78, 5) is 45.2. The molecule has 0 aromatic heterocycles. The van der Waals surface area contributed by atoms with Crippen LogP contribution in [0.1, 0.15) is 71.0 Å². The number of amides is 3. The van der Waals surface area contributed by atoms with E-state index in [1.54, 1.807) is 28.0 Å². The molecule has 0 unspecified atom stereocenters. The Morgan fingerprint density at radius 1 is 0.971 bits per heavy atom. The molecule has 1 saturated carbocycles. The lowest BCUT2D eigenvalue weighted by atomic mass is 9.71. The van der Waals surface area contributed by atoms with Crippen LogP contribution < -0.4 is 4.90 Å². The summed E-state index contributed by atoms with van der Waals surface area (Å²) in [5, 5.41) is 10.9. The van der Waals surface area contributed by atoms with Gasteiger partial charge in [0.05, 0.1) is 16.9 Å². The fourth-order valence-corrected chi connectivity index (χ4v) is 6.37. The lowest BCUT2D eigenvalue weighted by Crippen LogP contribution is -2.55. The Kier molecular flexibility index (Phi) is 4.99. The highest BCUT2D eigenvalue weighted by Gasteiger charge is 2.48. The van der Waals surface area contributed by atoms with Crippen LogP contribution in [0.4, 0.5) is 5.69 Å². The summed E-state index contributed by atoms with van der Waals surface area (Å²) >= 11 is 0. The van der Waals surface area contributed by atoms with Crippen molar-refractivity contribution in [2.45, 2.75) is 50.3 Å². The molecule has 1 saturated heterocycles. The molecule has 176 valence electrons. The van der Waals surface area contributed by atoms with E-state index < -0.39 is 11.8 Å². The second-order valence-electron chi connectivity index (χ2n) is 10.0.